The molecule has 98 valence electrons. The molecule has 0 aliphatic rings. The summed E-state index contributed by atoms with van der Waals surface area (Å²) in [5.41, 5.74) is 0.965. The second-order valence-corrected chi connectivity index (χ2v) is 7.74. The minimum Gasteiger partial charge on any atom is -0.393 e. The van der Waals surface area contributed by atoms with Gasteiger partial charge >= 0.3 is 8.56 Å². The van der Waals surface area contributed by atoms with Gasteiger partial charge in [-0.25, -0.2) is 4.98 Å². The monoisotopic (exact) mass is 257 g/mol. The summed E-state index contributed by atoms with van der Waals surface area (Å²) in [6.07, 6.45) is 3.81. The smallest absolute Gasteiger partial charge is 0.393 e. The van der Waals surface area contributed by atoms with E-state index in [2.05, 4.69) is 35.5 Å². The molecule has 0 aliphatic heterocycles. The van der Waals surface area contributed by atoms with Crippen molar-refractivity contribution in [1.82, 2.24) is 14.5 Å². The molecule has 0 spiro atoms. The Morgan fingerprint density at radius 1 is 1.35 bits per heavy atom. The van der Waals surface area contributed by atoms with Crippen LogP contribution in [-0.2, 0) is 15.4 Å². The summed E-state index contributed by atoms with van der Waals surface area (Å²) >= 11 is 0. The average molecular weight is 257 g/mol. The number of hydrogen-bond acceptors (Lipinski definition) is 4. The highest BCUT2D eigenvalue weighted by molar-refractivity contribution is 6.79. The molecular weight excluding hydrogens is 234 g/mol. The van der Waals surface area contributed by atoms with Crippen molar-refractivity contribution in [1.29, 1.82) is 0 Å². The Morgan fingerprint density at radius 3 is 2.47 bits per heavy atom. The molecule has 1 rings (SSSR count). The highest BCUT2D eigenvalue weighted by Crippen LogP contribution is 2.10. The second kappa shape index (κ2) is 6.30. The molecular formula is C11H23N3O2Si. The number of nitrogens with zero attached hydrogens (tertiary/aromatic N) is 3. The molecule has 1 heterocycles. The first-order valence-electron chi connectivity index (χ1n) is 5.86. The molecule has 1 aromatic rings. The molecule has 5 nitrogen and oxygen atoms in total. The minimum absolute atomic E-state index is 0.860. The van der Waals surface area contributed by atoms with Crippen LogP contribution in [0.25, 0.3) is 0 Å². The number of likely N-dealkylation sites (N-methyl/N-ethyl adjacent to an activating group) is 1. The van der Waals surface area contributed by atoms with Crippen LogP contribution in [0.3, 0.4) is 0 Å². The van der Waals surface area contributed by atoms with Gasteiger partial charge in [-0.05, 0) is 20.1 Å². The summed E-state index contributed by atoms with van der Waals surface area (Å²) in [6.45, 7) is 3.97. The SMILES string of the molecule is CC[Si](OC)(OC)c1nccn1CCN(C)C. The maximum absolute atomic E-state index is 5.65. The number of hydrogen-bond donors (Lipinski definition) is 0. The van der Waals surface area contributed by atoms with Crippen molar-refractivity contribution in [2.75, 3.05) is 34.9 Å². The lowest BCUT2D eigenvalue weighted by atomic mass is 10.6. The molecule has 0 fully saturated rings. The van der Waals surface area contributed by atoms with Crippen LogP contribution in [0.15, 0.2) is 12.4 Å². The van der Waals surface area contributed by atoms with Gasteiger partial charge in [-0.15, -0.1) is 0 Å². The molecule has 0 radical (unpaired) electrons. The Bertz CT molecular complexity index is 329. The fourth-order valence-corrected chi connectivity index (χ4v) is 4.17. The van der Waals surface area contributed by atoms with E-state index in [1.54, 1.807) is 14.2 Å². The average Bonchev–Trinajstić information content (AvgIpc) is 2.79. The van der Waals surface area contributed by atoms with E-state index in [-0.39, 0.29) is 0 Å². The van der Waals surface area contributed by atoms with Crippen molar-refractivity contribution in [3.63, 3.8) is 0 Å². The fourth-order valence-electron chi connectivity index (χ4n) is 1.85. The topological polar surface area (TPSA) is 39.5 Å². The van der Waals surface area contributed by atoms with Crippen molar-refractivity contribution in [3.05, 3.63) is 12.4 Å². The Labute approximate surface area is 105 Å². The van der Waals surface area contributed by atoms with Gasteiger partial charge in [0.2, 0.25) is 0 Å². The number of aromatic nitrogens is 2. The molecule has 17 heavy (non-hydrogen) atoms. The maximum atomic E-state index is 5.65. The molecule has 0 aliphatic carbocycles. The van der Waals surface area contributed by atoms with Crippen LogP contribution in [0.5, 0.6) is 0 Å². The lowest BCUT2D eigenvalue weighted by Gasteiger charge is -2.26. The minimum atomic E-state index is -2.32. The van der Waals surface area contributed by atoms with Crippen LogP contribution in [0, 0.1) is 0 Å². The Morgan fingerprint density at radius 2 is 2.00 bits per heavy atom. The normalized spacial score (nSPS) is 12.4. The molecule has 0 unspecified atom stereocenters. The Kier molecular flexibility index (Phi) is 5.32. The fraction of sp³-hybridized carbons (Fsp3) is 0.727. The summed E-state index contributed by atoms with van der Waals surface area (Å²) in [4.78, 5) is 6.59. The molecule has 0 N–H and O–H groups in total. The van der Waals surface area contributed by atoms with E-state index in [9.17, 15) is 0 Å². The third kappa shape index (κ3) is 3.16. The molecule has 0 saturated heterocycles. The van der Waals surface area contributed by atoms with Crippen molar-refractivity contribution >= 4 is 14.0 Å². The summed E-state index contributed by atoms with van der Waals surface area (Å²) in [5, 5.41) is 0. The number of imidazole rings is 1. The van der Waals surface area contributed by atoms with Gasteiger partial charge in [-0.1, -0.05) is 6.92 Å². The van der Waals surface area contributed by atoms with E-state index in [0.29, 0.717) is 0 Å². The first-order valence-corrected chi connectivity index (χ1v) is 7.88. The van der Waals surface area contributed by atoms with E-state index in [1.165, 1.54) is 0 Å². The van der Waals surface area contributed by atoms with E-state index in [1.807, 2.05) is 12.4 Å². The van der Waals surface area contributed by atoms with Gasteiger partial charge in [0, 0.05) is 39.7 Å². The zero-order valence-electron chi connectivity index (χ0n) is 11.4. The maximum Gasteiger partial charge on any atom is 0.408 e. The van der Waals surface area contributed by atoms with Crippen LogP contribution >= 0.6 is 0 Å². The van der Waals surface area contributed by atoms with Gasteiger partial charge in [-0.3, -0.25) is 0 Å². The zero-order chi connectivity index (χ0) is 12.9. The lowest BCUT2D eigenvalue weighted by molar-refractivity contribution is 0.255. The summed E-state index contributed by atoms with van der Waals surface area (Å²) < 4.78 is 13.4. The van der Waals surface area contributed by atoms with Crippen LogP contribution < -0.4 is 5.45 Å². The van der Waals surface area contributed by atoms with Crippen molar-refractivity contribution in [3.8, 4) is 0 Å². The van der Waals surface area contributed by atoms with E-state index in [4.69, 9.17) is 8.85 Å². The second-order valence-electron chi connectivity index (χ2n) is 4.26. The molecule has 0 bridgehead atoms. The molecule has 1 aromatic heterocycles. The van der Waals surface area contributed by atoms with Gasteiger partial charge in [-0.2, -0.15) is 0 Å². The Balaban J connectivity index is 2.92. The molecule has 0 amide bonds. The largest absolute Gasteiger partial charge is 0.408 e. The van der Waals surface area contributed by atoms with E-state index >= 15 is 0 Å². The summed E-state index contributed by atoms with van der Waals surface area (Å²) in [5.74, 6) is 0. The van der Waals surface area contributed by atoms with Gasteiger partial charge in [0.25, 0.3) is 0 Å². The number of rotatable bonds is 7. The van der Waals surface area contributed by atoms with Crippen molar-refractivity contribution in [2.24, 2.45) is 0 Å². The standard InChI is InChI=1S/C11H23N3O2Si/c1-6-17(15-4,16-5)11-12-7-8-14(11)10-9-13(2)3/h7-8H,6,9-10H2,1-5H3. The summed E-state index contributed by atoms with van der Waals surface area (Å²) in [6, 6.07) is 0.860. The predicted octanol–water partition coefficient (Wildman–Crippen LogP) is 0.407. The molecule has 0 saturated carbocycles. The Hall–Kier alpha value is -0.693. The summed E-state index contributed by atoms with van der Waals surface area (Å²) in [7, 11) is 5.23. The van der Waals surface area contributed by atoms with E-state index < -0.39 is 8.56 Å². The van der Waals surface area contributed by atoms with Gasteiger partial charge in [0.05, 0.1) is 0 Å². The first-order chi connectivity index (χ1) is 8.09. The molecule has 0 aromatic carbocycles. The quantitative estimate of drug-likeness (QED) is 0.663. The molecule has 0 atom stereocenters. The first kappa shape index (κ1) is 14.4. The third-order valence-electron chi connectivity index (χ3n) is 2.97. The lowest BCUT2D eigenvalue weighted by Crippen LogP contribution is -2.56. The van der Waals surface area contributed by atoms with Crippen molar-refractivity contribution in [2.45, 2.75) is 19.5 Å². The van der Waals surface area contributed by atoms with Crippen LogP contribution in [0.4, 0.5) is 0 Å². The van der Waals surface area contributed by atoms with Crippen LogP contribution in [0.1, 0.15) is 6.92 Å². The van der Waals surface area contributed by atoms with Gasteiger partial charge in [0.15, 0.2) is 5.45 Å². The van der Waals surface area contributed by atoms with Gasteiger partial charge < -0.3 is 18.3 Å². The highest BCUT2D eigenvalue weighted by atomic mass is 28.4. The third-order valence-corrected chi connectivity index (χ3v) is 6.32. The van der Waals surface area contributed by atoms with Gasteiger partial charge in [0.1, 0.15) is 0 Å². The van der Waals surface area contributed by atoms with Crippen LogP contribution in [0.2, 0.25) is 6.04 Å². The van der Waals surface area contributed by atoms with E-state index in [0.717, 1.165) is 24.6 Å². The van der Waals surface area contributed by atoms with Crippen LogP contribution in [-0.4, -0.2) is 57.9 Å². The highest BCUT2D eigenvalue weighted by Gasteiger charge is 2.40. The zero-order valence-corrected chi connectivity index (χ0v) is 12.4. The molecule has 6 heteroatoms. The predicted molar refractivity (Wildman–Crippen MR) is 70.7 cm³/mol. The van der Waals surface area contributed by atoms with Crippen molar-refractivity contribution < 1.29 is 8.85 Å².